The lowest BCUT2D eigenvalue weighted by molar-refractivity contribution is 0.546. The van der Waals surface area contributed by atoms with Crippen LogP contribution in [0.15, 0.2) is 35.7 Å². The molecule has 0 fully saturated rings. The van der Waals surface area contributed by atoms with Gasteiger partial charge >= 0.3 is 0 Å². The van der Waals surface area contributed by atoms with Crippen LogP contribution in [0.25, 0.3) is 0 Å². The topological polar surface area (TPSA) is 46.2 Å². The van der Waals surface area contributed by atoms with E-state index in [4.69, 9.17) is 0 Å². The number of benzene rings is 1. The van der Waals surface area contributed by atoms with Gasteiger partial charge in [0.2, 0.25) is 10.0 Å². The molecule has 1 N–H and O–H groups in total. The summed E-state index contributed by atoms with van der Waals surface area (Å²) in [6, 6.07) is 2.28. The molecule has 1 aromatic rings. The molecule has 0 aliphatic carbocycles. The first-order valence-electron chi connectivity index (χ1n) is 4.53. The van der Waals surface area contributed by atoms with Crippen molar-refractivity contribution in [2.24, 2.45) is 0 Å². The van der Waals surface area contributed by atoms with Crippen molar-refractivity contribution >= 4 is 10.0 Å². The Morgan fingerprint density at radius 3 is 2.69 bits per heavy atom. The van der Waals surface area contributed by atoms with Crippen molar-refractivity contribution in [2.75, 3.05) is 6.54 Å². The first-order chi connectivity index (χ1) is 7.47. The molecular formula is C10H11F2NO2S. The third-order valence-corrected chi connectivity index (χ3v) is 3.30. The zero-order valence-corrected chi connectivity index (χ0v) is 9.23. The van der Waals surface area contributed by atoms with E-state index in [1.807, 2.05) is 0 Å². The van der Waals surface area contributed by atoms with E-state index in [0.29, 0.717) is 12.5 Å². The number of halogens is 2. The molecule has 0 unspecified atom stereocenters. The monoisotopic (exact) mass is 247 g/mol. The highest BCUT2D eigenvalue weighted by Crippen LogP contribution is 2.15. The lowest BCUT2D eigenvalue weighted by atomic mass is 10.3. The molecule has 0 amide bonds. The Morgan fingerprint density at radius 1 is 1.38 bits per heavy atom. The van der Waals surface area contributed by atoms with Gasteiger partial charge in [0.05, 0.1) is 0 Å². The van der Waals surface area contributed by atoms with E-state index in [9.17, 15) is 17.2 Å². The Labute approximate surface area is 92.8 Å². The Hall–Kier alpha value is -1.27. The number of hydrogen-bond donors (Lipinski definition) is 1. The first-order valence-corrected chi connectivity index (χ1v) is 6.01. The van der Waals surface area contributed by atoms with Crippen LogP contribution in [-0.4, -0.2) is 15.0 Å². The second-order valence-corrected chi connectivity index (χ2v) is 4.79. The summed E-state index contributed by atoms with van der Waals surface area (Å²) >= 11 is 0. The Morgan fingerprint density at radius 2 is 2.06 bits per heavy atom. The van der Waals surface area contributed by atoms with Crippen LogP contribution < -0.4 is 4.72 Å². The summed E-state index contributed by atoms with van der Waals surface area (Å²) in [5.41, 5.74) is 0. The van der Waals surface area contributed by atoms with E-state index < -0.39 is 26.6 Å². The van der Waals surface area contributed by atoms with Crippen LogP contribution in [0.2, 0.25) is 0 Å². The van der Waals surface area contributed by atoms with Crippen molar-refractivity contribution in [3.8, 4) is 0 Å². The average Bonchev–Trinajstić information content (AvgIpc) is 2.22. The van der Waals surface area contributed by atoms with Crippen LogP contribution in [0.4, 0.5) is 8.78 Å². The molecule has 1 aromatic carbocycles. The molecule has 6 heteroatoms. The van der Waals surface area contributed by atoms with Gasteiger partial charge in [-0.25, -0.2) is 21.9 Å². The van der Waals surface area contributed by atoms with Crippen molar-refractivity contribution in [3.05, 3.63) is 42.5 Å². The standard InChI is InChI=1S/C10H11F2NO2S/c1-2-3-6-13-16(14,15)10-7-8(11)4-5-9(10)12/h2,4-5,7,13H,1,3,6H2. The Balaban J connectivity index is 2.97. The summed E-state index contributed by atoms with van der Waals surface area (Å²) in [5.74, 6) is -1.78. The van der Waals surface area contributed by atoms with E-state index in [0.717, 1.165) is 12.1 Å². The molecular weight excluding hydrogens is 236 g/mol. The van der Waals surface area contributed by atoms with E-state index >= 15 is 0 Å². The molecule has 0 bridgehead atoms. The van der Waals surface area contributed by atoms with Crippen molar-refractivity contribution < 1.29 is 17.2 Å². The van der Waals surface area contributed by atoms with Gasteiger partial charge in [0.25, 0.3) is 0 Å². The molecule has 0 heterocycles. The summed E-state index contributed by atoms with van der Waals surface area (Å²) in [6.45, 7) is 3.51. The van der Waals surface area contributed by atoms with Gasteiger partial charge in [-0.1, -0.05) is 6.08 Å². The lowest BCUT2D eigenvalue weighted by Gasteiger charge is -2.06. The highest BCUT2D eigenvalue weighted by molar-refractivity contribution is 7.89. The van der Waals surface area contributed by atoms with Gasteiger partial charge in [-0.2, -0.15) is 0 Å². The minimum atomic E-state index is -4.00. The molecule has 0 saturated carbocycles. The number of nitrogens with one attached hydrogen (secondary N) is 1. The van der Waals surface area contributed by atoms with Crippen LogP contribution in [0.5, 0.6) is 0 Å². The maximum Gasteiger partial charge on any atom is 0.243 e. The van der Waals surface area contributed by atoms with Crippen LogP contribution in [0, 0.1) is 11.6 Å². The highest BCUT2D eigenvalue weighted by Gasteiger charge is 2.18. The van der Waals surface area contributed by atoms with Gasteiger partial charge in [0, 0.05) is 6.54 Å². The van der Waals surface area contributed by atoms with Gasteiger partial charge in [-0.3, -0.25) is 0 Å². The second-order valence-electron chi connectivity index (χ2n) is 3.05. The maximum absolute atomic E-state index is 13.2. The molecule has 0 aromatic heterocycles. The van der Waals surface area contributed by atoms with E-state index in [1.165, 1.54) is 6.08 Å². The van der Waals surface area contributed by atoms with E-state index in [-0.39, 0.29) is 6.54 Å². The lowest BCUT2D eigenvalue weighted by Crippen LogP contribution is -2.25. The van der Waals surface area contributed by atoms with Crippen LogP contribution >= 0.6 is 0 Å². The average molecular weight is 247 g/mol. The zero-order valence-electron chi connectivity index (χ0n) is 8.41. The third-order valence-electron chi connectivity index (χ3n) is 1.82. The van der Waals surface area contributed by atoms with Crippen molar-refractivity contribution in [1.82, 2.24) is 4.72 Å². The fourth-order valence-electron chi connectivity index (χ4n) is 1.06. The second kappa shape index (κ2) is 5.18. The quantitative estimate of drug-likeness (QED) is 0.637. The number of sulfonamides is 1. The summed E-state index contributed by atoms with van der Waals surface area (Å²) in [4.78, 5) is -0.684. The predicted octanol–water partition coefficient (Wildman–Crippen LogP) is 1.82. The van der Waals surface area contributed by atoms with Gasteiger partial charge in [0.1, 0.15) is 16.5 Å². The molecule has 0 spiro atoms. The van der Waals surface area contributed by atoms with Crippen LogP contribution in [0.3, 0.4) is 0 Å². The fourth-order valence-corrected chi connectivity index (χ4v) is 2.19. The molecule has 0 radical (unpaired) electrons. The van der Waals surface area contributed by atoms with Gasteiger partial charge < -0.3 is 0 Å². The van der Waals surface area contributed by atoms with Crippen molar-refractivity contribution in [1.29, 1.82) is 0 Å². The summed E-state index contributed by atoms with van der Waals surface area (Å²) < 4.78 is 51.2. The maximum atomic E-state index is 13.2. The normalized spacial score (nSPS) is 11.4. The number of hydrogen-bond acceptors (Lipinski definition) is 2. The largest absolute Gasteiger partial charge is 0.243 e. The SMILES string of the molecule is C=CCCNS(=O)(=O)c1cc(F)ccc1F. The highest BCUT2D eigenvalue weighted by atomic mass is 32.2. The van der Waals surface area contributed by atoms with Gasteiger partial charge in [0.15, 0.2) is 0 Å². The fraction of sp³-hybridized carbons (Fsp3) is 0.200. The molecule has 3 nitrogen and oxygen atoms in total. The minimum Gasteiger partial charge on any atom is -0.211 e. The summed E-state index contributed by atoms with van der Waals surface area (Å²) in [7, 11) is -4.00. The smallest absolute Gasteiger partial charge is 0.211 e. The van der Waals surface area contributed by atoms with Crippen LogP contribution in [0.1, 0.15) is 6.42 Å². The van der Waals surface area contributed by atoms with Crippen molar-refractivity contribution in [3.63, 3.8) is 0 Å². The summed E-state index contributed by atoms with van der Waals surface area (Å²) in [6.07, 6.45) is 1.93. The molecule has 0 aliphatic rings. The van der Waals surface area contributed by atoms with E-state index in [2.05, 4.69) is 11.3 Å². The first kappa shape index (κ1) is 12.8. The molecule has 16 heavy (non-hydrogen) atoms. The van der Waals surface area contributed by atoms with Gasteiger partial charge in [-0.15, -0.1) is 6.58 Å². The third kappa shape index (κ3) is 3.11. The van der Waals surface area contributed by atoms with E-state index in [1.54, 1.807) is 0 Å². The number of rotatable bonds is 5. The molecule has 88 valence electrons. The Bertz CT molecular complexity index is 486. The molecule has 0 saturated heterocycles. The molecule has 0 aliphatic heterocycles. The van der Waals surface area contributed by atoms with Gasteiger partial charge in [-0.05, 0) is 24.6 Å². The predicted molar refractivity (Wildman–Crippen MR) is 56.4 cm³/mol. The summed E-state index contributed by atoms with van der Waals surface area (Å²) in [5, 5.41) is 0. The Kier molecular flexibility index (Phi) is 4.14. The van der Waals surface area contributed by atoms with Crippen molar-refractivity contribution in [2.45, 2.75) is 11.3 Å². The minimum absolute atomic E-state index is 0.0990. The van der Waals surface area contributed by atoms with Crippen LogP contribution in [-0.2, 0) is 10.0 Å². The zero-order chi connectivity index (χ0) is 12.2. The molecule has 0 atom stereocenters. The molecule has 1 rings (SSSR count).